The van der Waals surface area contributed by atoms with E-state index in [9.17, 15) is 13.2 Å². The van der Waals surface area contributed by atoms with Crippen LogP contribution in [0.25, 0.3) is 6.08 Å². The number of hydrogen-bond acceptors (Lipinski definition) is 4. The molecule has 4 nitrogen and oxygen atoms in total. The summed E-state index contributed by atoms with van der Waals surface area (Å²) in [5.74, 6) is 0.723. The third-order valence-corrected chi connectivity index (χ3v) is 3.84. The van der Waals surface area contributed by atoms with E-state index < -0.39 is 10.0 Å². The molecule has 1 aromatic carbocycles. The van der Waals surface area contributed by atoms with Crippen LogP contribution in [-0.2, 0) is 14.8 Å². The number of allylic oxidation sites excluding steroid dienone is 1. The minimum atomic E-state index is -3.65. The van der Waals surface area contributed by atoms with Crippen LogP contribution in [0.1, 0.15) is 18.9 Å². The molecule has 0 heterocycles. The van der Waals surface area contributed by atoms with Gasteiger partial charge in [0, 0.05) is 12.7 Å². The fourth-order valence-corrected chi connectivity index (χ4v) is 2.40. The third kappa shape index (κ3) is 5.48. The fourth-order valence-electron chi connectivity index (χ4n) is 1.29. The number of primary sulfonamides is 1. The number of carbonyl (C=O) groups is 1. The largest absolute Gasteiger partial charge is 0.288 e. The van der Waals surface area contributed by atoms with Gasteiger partial charge in [-0.3, -0.25) is 4.79 Å². The molecule has 0 aliphatic rings. The first kappa shape index (κ1) is 14.9. The SMILES string of the molecule is CC(=O)SCCC=Cc1cccc(S(N)(=O)=O)c1. The second-order valence-corrected chi connectivity index (χ2v) is 6.48. The molecule has 0 saturated carbocycles. The van der Waals surface area contributed by atoms with Gasteiger partial charge in [-0.15, -0.1) is 0 Å². The monoisotopic (exact) mass is 285 g/mol. The zero-order valence-corrected chi connectivity index (χ0v) is 11.6. The van der Waals surface area contributed by atoms with Crippen molar-refractivity contribution in [2.75, 3.05) is 5.75 Å². The molecule has 0 saturated heterocycles. The summed E-state index contributed by atoms with van der Waals surface area (Å²) in [5.41, 5.74) is 0.773. The Kier molecular flexibility index (Phi) is 5.58. The minimum absolute atomic E-state index is 0.0969. The van der Waals surface area contributed by atoms with Gasteiger partial charge in [0.1, 0.15) is 0 Å². The van der Waals surface area contributed by atoms with E-state index in [-0.39, 0.29) is 10.0 Å². The van der Waals surface area contributed by atoms with Crippen LogP contribution in [0.15, 0.2) is 35.2 Å². The van der Waals surface area contributed by atoms with Gasteiger partial charge in [0.2, 0.25) is 10.0 Å². The Hall–Kier alpha value is -1.11. The molecule has 0 radical (unpaired) electrons. The maximum atomic E-state index is 11.1. The maximum absolute atomic E-state index is 11.1. The molecule has 0 aromatic heterocycles. The number of carbonyl (C=O) groups excluding carboxylic acids is 1. The van der Waals surface area contributed by atoms with Gasteiger partial charge in [-0.05, 0) is 24.1 Å². The van der Waals surface area contributed by atoms with Crippen molar-refractivity contribution in [3.05, 3.63) is 35.9 Å². The van der Waals surface area contributed by atoms with Gasteiger partial charge in [0.15, 0.2) is 5.12 Å². The van der Waals surface area contributed by atoms with Crippen LogP contribution in [0.3, 0.4) is 0 Å². The predicted octanol–water partition coefficient (Wildman–Crippen LogP) is 2.02. The third-order valence-electron chi connectivity index (χ3n) is 2.09. The molecule has 1 rings (SSSR count). The van der Waals surface area contributed by atoms with Crippen LogP contribution >= 0.6 is 11.8 Å². The number of benzene rings is 1. The van der Waals surface area contributed by atoms with Gasteiger partial charge < -0.3 is 0 Å². The summed E-state index contributed by atoms with van der Waals surface area (Å²) in [6.45, 7) is 1.53. The maximum Gasteiger partial charge on any atom is 0.238 e. The Morgan fingerprint density at radius 3 is 2.78 bits per heavy atom. The van der Waals surface area contributed by atoms with Crippen molar-refractivity contribution in [1.82, 2.24) is 0 Å². The van der Waals surface area contributed by atoms with Crippen LogP contribution in [-0.4, -0.2) is 19.3 Å². The lowest BCUT2D eigenvalue weighted by atomic mass is 10.2. The molecule has 18 heavy (non-hydrogen) atoms. The molecular formula is C12H15NO3S2. The summed E-state index contributed by atoms with van der Waals surface area (Å²) < 4.78 is 22.3. The number of rotatable bonds is 5. The summed E-state index contributed by atoms with van der Waals surface area (Å²) in [6.07, 6.45) is 4.47. The lowest BCUT2D eigenvalue weighted by Crippen LogP contribution is -2.11. The molecule has 0 aliphatic carbocycles. The van der Waals surface area contributed by atoms with E-state index in [1.54, 1.807) is 12.1 Å². The smallest absolute Gasteiger partial charge is 0.238 e. The van der Waals surface area contributed by atoms with E-state index in [1.807, 2.05) is 12.2 Å². The number of nitrogens with two attached hydrogens (primary N) is 1. The zero-order chi connectivity index (χ0) is 13.6. The normalized spacial score (nSPS) is 11.9. The second-order valence-electron chi connectivity index (χ2n) is 3.65. The van der Waals surface area contributed by atoms with E-state index in [1.165, 1.54) is 30.8 Å². The van der Waals surface area contributed by atoms with Gasteiger partial charge in [-0.2, -0.15) is 0 Å². The standard InChI is InChI=1S/C12H15NO3S2/c1-10(14)17-8-3-2-5-11-6-4-7-12(9-11)18(13,15)16/h2,4-7,9H,3,8H2,1H3,(H2,13,15,16). The first-order valence-corrected chi connectivity index (χ1v) is 7.85. The van der Waals surface area contributed by atoms with E-state index >= 15 is 0 Å². The number of hydrogen-bond donors (Lipinski definition) is 1. The summed E-state index contributed by atoms with van der Waals surface area (Å²) in [5, 5.41) is 5.14. The van der Waals surface area contributed by atoms with Crippen molar-refractivity contribution in [1.29, 1.82) is 0 Å². The highest BCUT2D eigenvalue weighted by Gasteiger charge is 2.06. The summed E-state index contributed by atoms with van der Waals surface area (Å²) in [7, 11) is -3.65. The molecule has 0 aliphatic heterocycles. The minimum Gasteiger partial charge on any atom is -0.288 e. The van der Waals surface area contributed by atoms with Crippen molar-refractivity contribution in [2.24, 2.45) is 5.14 Å². The molecule has 0 fully saturated rings. The quantitative estimate of drug-likeness (QED) is 0.840. The molecule has 0 spiro atoms. The van der Waals surface area contributed by atoms with Gasteiger partial charge >= 0.3 is 0 Å². The van der Waals surface area contributed by atoms with Gasteiger partial charge in [0.05, 0.1) is 4.90 Å². The van der Waals surface area contributed by atoms with Crippen LogP contribution in [0.2, 0.25) is 0 Å². The average Bonchev–Trinajstić information content (AvgIpc) is 2.27. The highest BCUT2D eigenvalue weighted by Crippen LogP contribution is 2.12. The Bertz CT molecular complexity index is 550. The molecule has 1 aromatic rings. The van der Waals surface area contributed by atoms with Crippen molar-refractivity contribution in [2.45, 2.75) is 18.2 Å². The predicted molar refractivity (Wildman–Crippen MR) is 74.6 cm³/mol. The molecule has 0 amide bonds. The van der Waals surface area contributed by atoms with E-state index in [0.717, 1.165) is 17.7 Å². The van der Waals surface area contributed by atoms with E-state index in [0.29, 0.717) is 0 Å². The fraction of sp³-hybridized carbons (Fsp3) is 0.250. The zero-order valence-electron chi connectivity index (χ0n) is 10.00. The molecule has 98 valence electrons. The summed E-state index contributed by atoms with van der Waals surface area (Å²) in [4.78, 5) is 10.8. The molecule has 0 atom stereocenters. The topological polar surface area (TPSA) is 77.2 Å². The lowest BCUT2D eigenvalue weighted by molar-refractivity contribution is -0.109. The van der Waals surface area contributed by atoms with E-state index in [4.69, 9.17) is 5.14 Å². The molecule has 2 N–H and O–H groups in total. The van der Waals surface area contributed by atoms with Crippen LogP contribution < -0.4 is 5.14 Å². The Labute approximate surface area is 111 Å². The summed E-state index contributed by atoms with van der Waals surface area (Å²) in [6, 6.07) is 6.41. The van der Waals surface area contributed by atoms with Crippen LogP contribution in [0, 0.1) is 0 Å². The molecule has 0 unspecified atom stereocenters. The molecule has 0 bridgehead atoms. The van der Waals surface area contributed by atoms with E-state index in [2.05, 4.69) is 0 Å². The Morgan fingerprint density at radius 2 is 2.17 bits per heavy atom. The highest BCUT2D eigenvalue weighted by atomic mass is 32.2. The Morgan fingerprint density at radius 1 is 1.44 bits per heavy atom. The number of thioether (sulfide) groups is 1. The van der Waals surface area contributed by atoms with Crippen molar-refractivity contribution in [3.8, 4) is 0 Å². The van der Waals surface area contributed by atoms with Crippen LogP contribution in [0.5, 0.6) is 0 Å². The molecule has 6 heteroatoms. The second kappa shape index (κ2) is 6.72. The first-order chi connectivity index (χ1) is 8.39. The van der Waals surface area contributed by atoms with Gasteiger partial charge in [0.25, 0.3) is 0 Å². The lowest BCUT2D eigenvalue weighted by Gasteiger charge is -1.99. The van der Waals surface area contributed by atoms with Crippen molar-refractivity contribution in [3.63, 3.8) is 0 Å². The van der Waals surface area contributed by atoms with Gasteiger partial charge in [-0.1, -0.05) is 36.0 Å². The van der Waals surface area contributed by atoms with Gasteiger partial charge in [-0.25, -0.2) is 13.6 Å². The van der Waals surface area contributed by atoms with Crippen molar-refractivity contribution < 1.29 is 13.2 Å². The number of sulfonamides is 1. The Balaban J connectivity index is 2.63. The highest BCUT2D eigenvalue weighted by molar-refractivity contribution is 8.13. The van der Waals surface area contributed by atoms with Crippen molar-refractivity contribution >= 4 is 33.0 Å². The van der Waals surface area contributed by atoms with Crippen LogP contribution in [0.4, 0.5) is 0 Å². The average molecular weight is 285 g/mol. The molecular weight excluding hydrogens is 270 g/mol. The first-order valence-electron chi connectivity index (χ1n) is 5.32. The summed E-state index contributed by atoms with van der Waals surface area (Å²) >= 11 is 1.27.